The van der Waals surface area contributed by atoms with Crippen LogP contribution in [0.3, 0.4) is 0 Å². The number of carbonyl (C=O) groups is 10. The predicted octanol–water partition coefficient (Wildman–Crippen LogP) is 6.20. The Morgan fingerprint density at radius 2 is 1.51 bits per heavy atom. The molecule has 1 aromatic carbocycles. The number of aliphatic hydroxyl groups excluding tert-OH is 2. The largest absolute Gasteiger partial charge is 0.457 e. The van der Waals surface area contributed by atoms with Crippen LogP contribution in [0, 0.1) is 23.7 Å². The zero-order valence-electron chi connectivity index (χ0n) is 53.2. The van der Waals surface area contributed by atoms with Gasteiger partial charge in [-0.1, -0.05) is 89.1 Å². The van der Waals surface area contributed by atoms with Gasteiger partial charge in [-0.15, -0.1) is 0 Å². The Bertz CT molecular complexity index is 2750. The molecule has 6 amide bonds. The molecule has 23 nitrogen and oxygen atoms in total. The monoisotopic (exact) mass is 1250 g/mol. The maximum atomic E-state index is 14.0. The molecule has 12 atom stereocenters. The molecule has 89 heavy (non-hydrogen) atoms. The van der Waals surface area contributed by atoms with E-state index in [1.165, 1.54) is 28.9 Å². The summed E-state index contributed by atoms with van der Waals surface area (Å²) in [5, 5.41) is 35.0. The Kier molecular flexibility index (Phi) is 27.9. The van der Waals surface area contributed by atoms with Crippen LogP contribution in [-0.4, -0.2) is 176 Å². The topological polar surface area (TPSA) is 329 Å². The fraction of sp³-hybridized carbons (Fsp3) is 0.636. The predicted molar refractivity (Wildman–Crippen MR) is 326 cm³/mol. The van der Waals surface area contributed by atoms with Crippen molar-refractivity contribution in [3.8, 4) is 0 Å². The van der Waals surface area contributed by atoms with Gasteiger partial charge in [-0.25, -0.2) is 9.59 Å². The van der Waals surface area contributed by atoms with Crippen LogP contribution < -0.4 is 11.1 Å². The number of imide groups is 1. The van der Waals surface area contributed by atoms with Crippen LogP contribution in [0.5, 0.6) is 0 Å². The van der Waals surface area contributed by atoms with E-state index in [0.717, 1.165) is 4.90 Å². The number of primary amides is 1. The number of rotatable bonds is 30. The number of carbonyl (C=O) groups excluding carboxylic acids is 10. The summed E-state index contributed by atoms with van der Waals surface area (Å²) in [7, 11) is 0. The minimum absolute atomic E-state index is 0.00176. The normalized spacial score (nSPS) is 25.0. The number of nitrogens with one attached hydrogen (secondary N) is 1. The van der Waals surface area contributed by atoms with Crippen LogP contribution in [-0.2, 0) is 75.1 Å². The van der Waals surface area contributed by atoms with Crippen LogP contribution in [0.25, 0.3) is 0 Å². The average molecular weight is 1250 g/mol. The van der Waals surface area contributed by atoms with Crippen LogP contribution >= 0.6 is 0 Å². The lowest BCUT2D eigenvalue weighted by atomic mass is 9.88. The molecular weight excluding hydrogens is 1150 g/mol. The number of allylic oxidation sites excluding steroid dienone is 2. The lowest BCUT2D eigenvalue weighted by Crippen LogP contribution is -2.53. The fourth-order valence-electron chi connectivity index (χ4n) is 11.1. The first-order chi connectivity index (χ1) is 41.9. The number of hydrogen-bond acceptors (Lipinski definition) is 18. The van der Waals surface area contributed by atoms with Crippen molar-refractivity contribution in [1.82, 2.24) is 20.0 Å². The molecule has 0 aliphatic carbocycles. The first-order valence-corrected chi connectivity index (χ1v) is 31.2. The Morgan fingerprint density at radius 3 is 2.12 bits per heavy atom. The molecule has 1 aromatic rings. The van der Waals surface area contributed by atoms with E-state index in [4.69, 9.17) is 29.4 Å². The zero-order chi connectivity index (χ0) is 65.8. The second-order valence-corrected chi connectivity index (χ2v) is 25.2. The van der Waals surface area contributed by atoms with Crippen LogP contribution in [0.15, 0.2) is 72.4 Å². The Balaban J connectivity index is 1.15. The molecule has 0 spiro atoms. The highest BCUT2D eigenvalue weighted by atomic mass is 16.6. The average Bonchev–Trinajstić information content (AvgIpc) is 4.27. The van der Waals surface area contributed by atoms with Crippen molar-refractivity contribution < 1.29 is 86.9 Å². The number of nitrogens with two attached hydrogens (primary N) is 1. The van der Waals surface area contributed by atoms with Crippen LogP contribution in [0.4, 0.5) is 9.59 Å². The van der Waals surface area contributed by atoms with Crippen molar-refractivity contribution in [2.24, 2.45) is 29.4 Å². The molecule has 5 rings (SSSR count). The molecule has 0 unspecified atom stereocenters. The number of unbranched alkanes of at least 4 members (excludes halogenated alkanes) is 3. The fourth-order valence-corrected chi connectivity index (χ4v) is 11.1. The molecule has 4 heterocycles. The molecule has 4 aliphatic rings. The second kappa shape index (κ2) is 34.2. The van der Waals surface area contributed by atoms with E-state index in [9.17, 15) is 63.3 Å². The number of nitrogens with zero attached hydrogens (tertiary/aromatic N) is 3. The number of epoxide rings is 1. The van der Waals surface area contributed by atoms with Gasteiger partial charge in [0.25, 0.3) is 11.8 Å². The quantitative estimate of drug-likeness (QED) is 0.0109. The molecule has 6 N–H and O–H groups in total. The van der Waals surface area contributed by atoms with Gasteiger partial charge in [0.15, 0.2) is 11.9 Å². The molecular formula is C66H95N5O18. The van der Waals surface area contributed by atoms with Crippen molar-refractivity contribution in [1.29, 1.82) is 0 Å². The number of cyclic esters (lactones) is 1. The molecule has 2 saturated heterocycles. The minimum atomic E-state index is -1.49. The summed E-state index contributed by atoms with van der Waals surface area (Å²) in [6.45, 7) is 15.8. The van der Waals surface area contributed by atoms with Crippen LogP contribution in [0.1, 0.15) is 157 Å². The van der Waals surface area contributed by atoms with E-state index in [1.807, 2.05) is 20.8 Å². The van der Waals surface area contributed by atoms with Crippen molar-refractivity contribution in [2.75, 3.05) is 32.7 Å². The number of benzene rings is 1. The number of Topliss-reactive ketones (excluding diaryl/α,β-unsaturated/α-hetero) is 2. The van der Waals surface area contributed by atoms with Crippen molar-refractivity contribution in [3.63, 3.8) is 0 Å². The zero-order valence-corrected chi connectivity index (χ0v) is 53.2. The number of piperazine rings is 1. The third kappa shape index (κ3) is 23.7. The molecule has 23 heteroatoms. The van der Waals surface area contributed by atoms with E-state index in [1.54, 1.807) is 89.3 Å². The first-order valence-electron chi connectivity index (χ1n) is 31.2. The van der Waals surface area contributed by atoms with E-state index < -0.39 is 89.4 Å². The van der Waals surface area contributed by atoms with Gasteiger partial charge in [-0.3, -0.25) is 43.3 Å². The van der Waals surface area contributed by atoms with Gasteiger partial charge in [-0.05, 0) is 94.9 Å². The third-order valence-corrected chi connectivity index (χ3v) is 16.9. The van der Waals surface area contributed by atoms with Gasteiger partial charge in [0.05, 0.1) is 42.5 Å². The van der Waals surface area contributed by atoms with Gasteiger partial charge in [0.1, 0.15) is 24.1 Å². The van der Waals surface area contributed by atoms with Crippen LogP contribution in [0.2, 0.25) is 0 Å². The number of aliphatic hydroxyl groups is 3. The Morgan fingerprint density at radius 1 is 0.876 bits per heavy atom. The molecule has 0 aromatic heterocycles. The van der Waals surface area contributed by atoms with Gasteiger partial charge in [0.2, 0.25) is 11.8 Å². The Labute approximate surface area is 522 Å². The van der Waals surface area contributed by atoms with Crippen molar-refractivity contribution >= 4 is 59.3 Å². The second-order valence-electron chi connectivity index (χ2n) is 25.2. The van der Waals surface area contributed by atoms with E-state index in [-0.39, 0.29) is 138 Å². The van der Waals surface area contributed by atoms with Gasteiger partial charge in [-0.2, -0.15) is 0 Å². The highest BCUT2D eigenvalue weighted by Gasteiger charge is 2.47. The van der Waals surface area contributed by atoms with Crippen molar-refractivity contribution in [3.05, 3.63) is 83.5 Å². The van der Waals surface area contributed by atoms with E-state index in [2.05, 4.69) is 5.32 Å². The summed E-state index contributed by atoms with van der Waals surface area (Å²) in [6, 6.07) is 5.97. The third-order valence-electron chi connectivity index (χ3n) is 16.9. The van der Waals surface area contributed by atoms with Crippen molar-refractivity contribution in [2.45, 2.75) is 213 Å². The van der Waals surface area contributed by atoms with Gasteiger partial charge >= 0.3 is 24.1 Å². The van der Waals surface area contributed by atoms with E-state index in [0.29, 0.717) is 55.2 Å². The molecule has 0 saturated carbocycles. The maximum Gasteiger partial charge on any atom is 0.410 e. The summed E-state index contributed by atoms with van der Waals surface area (Å²) in [6.07, 6.45) is 8.16. The number of hydrogen-bond donors (Lipinski definition) is 5. The summed E-state index contributed by atoms with van der Waals surface area (Å²) in [5.41, 5.74) is 4.48. The highest BCUT2D eigenvalue weighted by molar-refractivity contribution is 6.12. The number of amides is 6. The van der Waals surface area contributed by atoms with Gasteiger partial charge in [0, 0.05) is 102 Å². The number of ether oxygens (including phenoxy) is 5. The molecule has 4 aliphatic heterocycles. The molecule has 0 bridgehead atoms. The van der Waals surface area contributed by atoms with Gasteiger partial charge < -0.3 is 59.9 Å². The molecule has 0 radical (unpaired) electrons. The number of ketones is 2. The summed E-state index contributed by atoms with van der Waals surface area (Å²) >= 11 is 0. The standard InChI is InChI=1S/C66H95N5O18/c1-41(2)51(37-49(74)17-11-10-14-31-71-57(78)26-27-58(71)79)62(81)68-52(18-12-13-19-56(67)77)53(76)36-47-21-23-48(24-22-47)40-85-63(82)69-32-34-70(35-33-69)64(83)87-55-25-20-43(4)60(88-59(80)38-50(75)28-30-66(55,9)89-46(7)73)42(3)16-15-29-65(8,84)39-54-61(86-54)44(5)45(6)72/h15-16,20-27,29,41,43-45,50-52,54-55,60-61,72,75,84H,10-14,17-19,28,30-40H2,1-9H3,(H2,67,77)(H,68,81)/b25-20+,29-15+,42-16+/t43-,44+,45-,50+,51-,52-,54+,55-,60+,61+,65-,66+/m0/s1. The lowest BCUT2D eigenvalue weighted by Gasteiger charge is -2.38. The highest BCUT2D eigenvalue weighted by Crippen LogP contribution is 2.37. The molecule has 492 valence electrons. The van der Waals surface area contributed by atoms with E-state index >= 15 is 0 Å². The minimum Gasteiger partial charge on any atom is -0.457 e. The first kappa shape index (κ1) is 72.7. The molecule has 2 fully saturated rings. The SMILES string of the molecule is CC(=O)O[C@]1(C)CC[C@@H](O)CC(=O)O[C@H](/C(C)=C/C=C/[C@](C)(O)C[C@H]2O[C@@H]2[C@H](C)[C@H](C)O)[C@@H](C)/C=C/[C@@H]1OC(=O)N1CCN(C(=O)OCc2ccc(CC(=O)[C@H](CCCCC(N)=O)NC(=O)[C@@H](CC(=O)CCCCCN3C(=O)C=CC3=O)C(C)C)cc2)CC1. The summed E-state index contributed by atoms with van der Waals surface area (Å²) in [4.78, 5) is 133. The summed E-state index contributed by atoms with van der Waals surface area (Å²) in [5.74, 6) is -4.88. The maximum absolute atomic E-state index is 14.0. The number of esters is 2. The lowest BCUT2D eigenvalue weighted by molar-refractivity contribution is -0.168. The Hall–Kier alpha value is -7.08. The smallest absolute Gasteiger partial charge is 0.410 e. The summed E-state index contributed by atoms with van der Waals surface area (Å²) < 4.78 is 29.3.